The summed E-state index contributed by atoms with van der Waals surface area (Å²) in [5.41, 5.74) is 0.353. The van der Waals surface area contributed by atoms with Crippen molar-refractivity contribution in [1.82, 2.24) is 14.6 Å². The molecule has 0 unspecified atom stereocenters. The van der Waals surface area contributed by atoms with Crippen LogP contribution in [0.5, 0.6) is 5.75 Å². The van der Waals surface area contributed by atoms with Crippen LogP contribution in [0, 0.1) is 6.92 Å². The molecule has 2 heterocycles. The Balaban J connectivity index is 1.84. The number of hydrogen-bond acceptors (Lipinski definition) is 4. The number of aromatic nitrogens is 3. The number of amides is 1. The van der Waals surface area contributed by atoms with Gasteiger partial charge in [0.05, 0.1) is 24.7 Å². The largest absolute Gasteiger partial charge is 0.495 e. The van der Waals surface area contributed by atoms with Crippen LogP contribution < -0.4 is 10.1 Å². The summed E-state index contributed by atoms with van der Waals surface area (Å²) in [6.07, 6.45) is -3.67. The number of anilines is 1. The molecule has 4 rings (SSSR count). The Labute approximate surface area is 185 Å². The highest BCUT2D eigenvalue weighted by molar-refractivity contribution is 6.31. The topological polar surface area (TPSA) is 68.5 Å². The van der Waals surface area contributed by atoms with E-state index < -0.39 is 17.8 Å². The van der Waals surface area contributed by atoms with Gasteiger partial charge in [-0.15, -0.1) is 0 Å². The predicted octanol–water partition coefficient (Wildman–Crippen LogP) is 5.64. The zero-order chi connectivity index (χ0) is 23.0. The van der Waals surface area contributed by atoms with Crippen molar-refractivity contribution in [1.29, 1.82) is 0 Å². The summed E-state index contributed by atoms with van der Waals surface area (Å²) >= 11 is 5.99. The third-order valence-corrected chi connectivity index (χ3v) is 5.00. The smallest absolute Gasteiger partial charge is 0.433 e. The average molecular weight is 461 g/mol. The number of methoxy groups -OCH3 is 1. The van der Waals surface area contributed by atoms with Crippen LogP contribution in [0.25, 0.3) is 16.9 Å². The number of carbonyl (C=O) groups is 1. The minimum absolute atomic E-state index is 0.0692. The molecule has 32 heavy (non-hydrogen) atoms. The number of alkyl halides is 3. The molecule has 10 heteroatoms. The van der Waals surface area contributed by atoms with Crippen LogP contribution in [0.4, 0.5) is 18.9 Å². The lowest BCUT2D eigenvalue weighted by Crippen LogP contribution is -2.16. The number of benzene rings is 2. The molecule has 4 aromatic rings. The first kappa shape index (κ1) is 21.6. The van der Waals surface area contributed by atoms with Gasteiger partial charge in [0.2, 0.25) is 0 Å². The second-order valence-corrected chi connectivity index (χ2v) is 7.42. The predicted molar refractivity (Wildman–Crippen MR) is 114 cm³/mol. The lowest BCUT2D eigenvalue weighted by Gasteiger charge is -2.12. The first-order chi connectivity index (χ1) is 15.2. The van der Waals surface area contributed by atoms with E-state index in [9.17, 15) is 18.0 Å². The van der Waals surface area contributed by atoms with Crippen molar-refractivity contribution in [2.75, 3.05) is 12.4 Å². The molecule has 0 fully saturated rings. The molecule has 0 bridgehead atoms. The second kappa shape index (κ2) is 8.16. The van der Waals surface area contributed by atoms with Crippen LogP contribution in [0.2, 0.25) is 5.02 Å². The van der Waals surface area contributed by atoms with Gasteiger partial charge in [0.25, 0.3) is 5.91 Å². The Kier molecular flexibility index (Phi) is 5.52. The van der Waals surface area contributed by atoms with E-state index in [1.165, 1.54) is 13.2 Å². The average Bonchev–Trinajstić information content (AvgIpc) is 3.17. The molecule has 0 atom stereocenters. The number of fused-ring (bicyclic) bond motifs is 1. The standard InChI is InChI=1S/C22H16ClF3N4O2/c1-12-3-5-13(6-4-12)16-10-19(22(24,25)26)30-20(28-16)15(11-27-30)21(31)29-17-9-14(23)7-8-18(17)32-2/h3-11H,1-2H3,(H,29,31). The summed E-state index contributed by atoms with van der Waals surface area (Å²) in [5, 5.41) is 6.72. The van der Waals surface area contributed by atoms with E-state index >= 15 is 0 Å². The fraction of sp³-hybridized carbons (Fsp3) is 0.136. The molecule has 0 spiro atoms. The van der Waals surface area contributed by atoms with Gasteiger partial charge in [-0.1, -0.05) is 41.4 Å². The Morgan fingerprint density at radius 2 is 1.84 bits per heavy atom. The van der Waals surface area contributed by atoms with E-state index in [-0.39, 0.29) is 22.6 Å². The van der Waals surface area contributed by atoms with Crippen molar-refractivity contribution in [2.24, 2.45) is 0 Å². The molecule has 0 saturated carbocycles. The van der Waals surface area contributed by atoms with Crippen LogP contribution in [0.1, 0.15) is 21.6 Å². The Bertz CT molecular complexity index is 1320. The van der Waals surface area contributed by atoms with E-state index in [1.54, 1.807) is 36.4 Å². The lowest BCUT2D eigenvalue weighted by atomic mass is 10.1. The molecule has 0 radical (unpaired) electrons. The van der Waals surface area contributed by atoms with E-state index in [4.69, 9.17) is 16.3 Å². The minimum atomic E-state index is -4.71. The minimum Gasteiger partial charge on any atom is -0.495 e. The van der Waals surface area contributed by atoms with Crippen molar-refractivity contribution in [3.8, 4) is 17.0 Å². The van der Waals surface area contributed by atoms with Gasteiger partial charge in [-0.25, -0.2) is 9.50 Å². The van der Waals surface area contributed by atoms with Gasteiger partial charge in [0, 0.05) is 10.6 Å². The van der Waals surface area contributed by atoms with Gasteiger partial charge in [0.1, 0.15) is 11.3 Å². The molecule has 0 aliphatic heterocycles. The van der Waals surface area contributed by atoms with E-state index in [2.05, 4.69) is 15.4 Å². The molecule has 6 nitrogen and oxygen atoms in total. The van der Waals surface area contributed by atoms with Gasteiger partial charge in [0.15, 0.2) is 11.3 Å². The van der Waals surface area contributed by atoms with Crippen molar-refractivity contribution >= 4 is 28.8 Å². The molecule has 2 aromatic heterocycles. The van der Waals surface area contributed by atoms with Gasteiger partial charge < -0.3 is 10.1 Å². The number of hydrogen-bond donors (Lipinski definition) is 1. The quantitative estimate of drug-likeness (QED) is 0.428. The maximum atomic E-state index is 13.8. The first-order valence-corrected chi connectivity index (χ1v) is 9.73. The SMILES string of the molecule is COc1ccc(Cl)cc1NC(=O)c1cnn2c(C(F)(F)F)cc(-c3ccc(C)cc3)nc12. The van der Waals surface area contributed by atoms with E-state index in [1.807, 2.05) is 6.92 Å². The van der Waals surface area contributed by atoms with Crippen LogP contribution in [0.15, 0.2) is 54.7 Å². The van der Waals surface area contributed by atoms with Crippen molar-refractivity contribution < 1.29 is 22.7 Å². The summed E-state index contributed by atoms with van der Waals surface area (Å²) in [6.45, 7) is 1.87. The van der Waals surface area contributed by atoms with Gasteiger partial charge in [-0.3, -0.25) is 4.79 Å². The summed E-state index contributed by atoms with van der Waals surface area (Å²) in [4.78, 5) is 17.3. The summed E-state index contributed by atoms with van der Waals surface area (Å²) in [5.74, 6) is -0.370. The fourth-order valence-electron chi connectivity index (χ4n) is 3.16. The normalized spacial score (nSPS) is 11.6. The molecular formula is C22H16ClF3N4O2. The van der Waals surface area contributed by atoms with Crippen LogP contribution in [0.3, 0.4) is 0 Å². The number of nitrogens with zero attached hydrogens (tertiary/aromatic N) is 3. The van der Waals surface area contributed by atoms with Crippen LogP contribution in [-0.4, -0.2) is 27.6 Å². The maximum Gasteiger partial charge on any atom is 0.433 e. The third-order valence-electron chi connectivity index (χ3n) is 4.76. The summed E-state index contributed by atoms with van der Waals surface area (Å²) in [6, 6.07) is 12.4. The Hall–Kier alpha value is -3.59. The molecule has 0 aliphatic rings. The molecule has 1 N–H and O–H groups in total. The fourth-order valence-corrected chi connectivity index (χ4v) is 3.34. The molecule has 0 aliphatic carbocycles. The number of carbonyl (C=O) groups excluding carboxylic acids is 1. The summed E-state index contributed by atoms with van der Waals surface area (Å²) < 4.78 is 47.1. The number of nitrogens with one attached hydrogen (secondary N) is 1. The number of aryl methyl sites for hydroxylation is 1. The number of ether oxygens (including phenoxy) is 1. The summed E-state index contributed by atoms with van der Waals surface area (Å²) in [7, 11) is 1.42. The van der Waals surface area contributed by atoms with E-state index in [0.29, 0.717) is 20.9 Å². The zero-order valence-corrected chi connectivity index (χ0v) is 17.6. The van der Waals surface area contributed by atoms with Crippen molar-refractivity contribution in [3.05, 3.63) is 76.6 Å². The molecule has 0 saturated heterocycles. The third kappa shape index (κ3) is 4.11. The molecule has 2 aromatic carbocycles. The van der Waals surface area contributed by atoms with Gasteiger partial charge in [-0.2, -0.15) is 18.3 Å². The second-order valence-electron chi connectivity index (χ2n) is 6.98. The zero-order valence-electron chi connectivity index (χ0n) is 16.9. The number of halogens is 4. The highest BCUT2D eigenvalue weighted by atomic mass is 35.5. The van der Waals surface area contributed by atoms with Crippen LogP contribution in [-0.2, 0) is 6.18 Å². The lowest BCUT2D eigenvalue weighted by molar-refractivity contribution is -0.142. The molecular weight excluding hydrogens is 445 g/mol. The Morgan fingerprint density at radius 1 is 1.12 bits per heavy atom. The monoisotopic (exact) mass is 460 g/mol. The highest BCUT2D eigenvalue weighted by Crippen LogP contribution is 2.33. The van der Waals surface area contributed by atoms with E-state index in [0.717, 1.165) is 17.8 Å². The van der Waals surface area contributed by atoms with Crippen molar-refractivity contribution in [3.63, 3.8) is 0 Å². The number of rotatable bonds is 4. The first-order valence-electron chi connectivity index (χ1n) is 9.35. The highest BCUT2D eigenvalue weighted by Gasteiger charge is 2.36. The van der Waals surface area contributed by atoms with Crippen LogP contribution >= 0.6 is 11.6 Å². The molecule has 1 amide bonds. The Morgan fingerprint density at radius 3 is 2.50 bits per heavy atom. The molecule has 164 valence electrons. The maximum absolute atomic E-state index is 13.8. The van der Waals surface area contributed by atoms with Crippen molar-refractivity contribution in [2.45, 2.75) is 13.1 Å². The van der Waals surface area contributed by atoms with Gasteiger partial charge in [-0.05, 0) is 31.2 Å². The van der Waals surface area contributed by atoms with Gasteiger partial charge >= 0.3 is 6.18 Å².